The zero-order valence-corrected chi connectivity index (χ0v) is 12.1. The monoisotopic (exact) mass is 272 g/mol. The number of anilines is 1. The minimum Gasteiger partial charge on any atom is -0.497 e. The van der Waals surface area contributed by atoms with Crippen LogP contribution in [0.15, 0.2) is 41.2 Å². The van der Waals surface area contributed by atoms with Gasteiger partial charge in [-0.2, -0.15) is 0 Å². The third-order valence-corrected chi connectivity index (χ3v) is 3.54. The Morgan fingerprint density at radius 1 is 1.30 bits per heavy atom. The van der Waals surface area contributed by atoms with E-state index in [1.54, 1.807) is 17.7 Å². The highest BCUT2D eigenvalue weighted by atomic mass is 16.5. The van der Waals surface area contributed by atoms with Crippen LogP contribution < -0.4 is 16.0 Å². The van der Waals surface area contributed by atoms with E-state index in [0.29, 0.717) is 0 Å². The van der Waals surface area contributed by atoms with Crippen LogP contribution >= 0.6 is 0 Å². The molecule has 2 aromatic rings. The molecule has 1 unspecified atom stereocenters. The fraction of sp³-hybridized carbons (Fsp3) is 0.312. The van der Waals surface area contributed by atoms with Gasteiger partial charge in [0.1, 0.15) is 5.75 Å². The van der Waals surface area contributed by atoms with Crippen molar-refractivity contribution in [1.29, 1.82) is 0 Å². The van der Waals surface area contributed by atoms with Crippen molar-refractivity contribution in [3.05, 3.63) is 46.8 Å². The summed E-state index contributed by atoms with van der Waals surface area (Å²) in [5.74, 6) is 0.766. The van der Waals surface area contributed by atoms with Crippen molar-refractivity contribution in [2.24, 2.45) is 0 Å². The summed E-state index contributed by atoms with van der Waals surface area (Å²) in [6, 6.07) is 11.3. The van der Waals surface area contributed by atoms with Gasteiger partial charge < -0.3 is 15.0 Å². The number of aromatic nitrogens is 1. The first kappa shape index (κ1) is 14.2. The van der Waals surface area contributed by atoms with Crippen molar-refractivity contribution in [3.8, 4) is 17.0 Å². The van der Waals surface area contributed by atoms with Gasteiger partial charge in [-0.25, -0.2) is 0 Å². The van der Waals surface area contributed by atoms with Gasteiger partial charge in [-0.05, 0) is 37.6 Å². The molecule has 1 heterocycles. The van der Waals surface area contributed by atoms with Gasteiger partial charge in [-0.15, -0.1) is 0 Å². The van der Waals surface area contributed by atoms with Gasteiger partial charge in [0.2, 0.25) is 0 Å². The molecule has 0 bridgehead atoms. The summed E-state index contributed by atoms with van der Waals surface area (Å²) in [6.07, 6.45) is 0.861. The largest absolute Gasteiger partial charge is 0.497 e. The number of methoxy groups -OCH3 is 1. The molecule has 0 aliphatic heterocycles. The molecule has 4 nitrogen and oxygen atoms in total. The molecule has 0 spiro atoms. The lowest BCUT2D eigenvalue weighted by Gasteiger charge is -2.19. The summed E-state index contributed by atoms with van der Waals surface area (Å²) in [5.41, 5.74) is 7.70. The molecule has 0 radical (unpaired) electrons. The number of ether oxygens (including phenoxy) is 1. The number of benzene rings is 1. The van der Waals surface area contributed by atoms with Crippen LogP contribution in [-0.2, 0) is 0 Å². The Morgan fingerprint density at radius 3 is 2.70 bits per heavy atom. The number of rotatable bonds is 4. The Hall–Kier alpha value is -2.23. The lowest BCUT2D eigenvalue weighted by molar-refractivity contribution is 0.415. The first-order chi connectivity index (χ1) is 9.58. The second kappa shape index (κ2) is 5.82. The number of nitrogen functional groups attached to an aromatic ring is 1. The molecule has 1 aromatic carbocycles. The van der Waals surface area contributed by atoms with E-state index >= 15 is 0 Å². The van der Waals surface area contributed by atoms with Gasteiger partial charge in [0, 0.05) is 11.6 Å². The predicted octanol–water partition coefficient (Wildman–Crippen LogP) is 3.08. The molecule has 0 amide bonds. The standard InChI is InChI=1S/C16H20N2O2/c1-4-11(2)18-15(9-8-14(17)16(18)19)12-6-5-7-13(10-12)20-3/h5-11H,4,17H2,1-3H3. The van der Waals surface area contributed by atoms with Crippen molar-refractivity contribution >= 4 is 5.69 Å². The van der Waals surface area contributed by atoms with Gasteiger partial charge in [0.15, 0.2) is 0 Å². The minimum absolute atomic E-state index is 0.0900. The zero-order valence-electron chi connectivity index (χ0n) is 12.1. The van der Waals surface area contributed by atoms with E-state index in [-0.39, 0.29) is 17.3 Å². The van der Waals surface area contributed by atoms with E-state index in [9.17, 15) is 4.79 Å². The molecular formula is C16H20N2O2. The lowest BCUT2D eigenvalue weighted by atomic mass is 10.1. The molecule has 20 heavy (non-hydrogen) atoms. The van der Waals surface area contributed by atoms with E-state index < -0.39 is 0 Å². The Balaban J connectivity index is 2.67. The van der Waals surface area contributed by atoms with Crippen LogP contribution in [0.4, 0.5) is 5.69 Å². The summed E-state index contributed by atoms with van der Waals surface area (Å²) in [7, 11) is 1.63. The third-order valence-electron chi connectivity index (χ3n) is 3.54. The first-order valence-electron chi connectivity index (χ1n) is 6.74. The highest BCUT2D eigenvalue weighted by Crippen LogP contribution is 2.26. The van der Waals surface area contributed by atoms with E-state index in [4.69, 9.17) is 10.5 Å². The van der Waals surface area contributed by atoms with Crippen molar-refractivity contribution in [2.45, 2.75) is 26.3 Å². The highest BCUT2D eigenvalue weighted by Gasteiger charge is 2.13. The Kier molecular flexibility index (Phi) is 4.13. The van der Waals surface area contributed by atoms with Crippen LogP contribution in [0.5, 0.6) is 5.75 Å². The molecule has 1 aromatic heterocycles. The molecule has 0 saturated carbocycles. The van der Waals surface area contributed by atoms with Crippen LogP contribution in [0.25, 0.3) is 11.3 Å². The highest BCUT2D eigenvalue weighted by molar-refractivity contribution is 5.63. The minimum atomic E-state index is -0.139. The van der Waals surface area contributed by atoms with Crippen LogP contribution in [-0.4, -0.2) is 11.7 Å². The molecule has 106 valence electrons. The summed E-state index contributed by atoms with van der Waals surface area (Å²) in [4.78, 5) is 12.3. The topological polar surface area (TPSA) is 57.2 Å². The van der Waals surface area contributed by atoms with Gasteiger partial charge >= 0.3 is 0 Å². The van der Waals surface area contributed by atoms with Crippen LogP contribution in [0.3, 0.4) is 0 Å². The SMILES string of the molecule is CCC(C)n1c(-c2cccc(OC)c2)ccc(N)c1=O. The van der Waals surface area contributed by atoms with Crippen molar-refractivity contribution in [1.82, 2.24) is 4.57 Å². The van der Waals surface area contributed by atoms with E-state index in [1.807, 2.05) is 37.3 Å². The average Bonchev–Trinajstić information content (AvgIpc) is 2.49. The predicted molar refractivity (Wildman–Crippen MR) is 82.1 cm³/mol. The molecule has 2 N–H and O–H groups in total. The van der Waals surface area contributed by atoms with Crippen LogP contribution in [0.2, 0.25) is 0 Å². The Morgan fingerprint density at radius 2 is 2.05 bits per heavy atom. The lowest BCUT2D eigenvalue weighted by Crippen LogP contribution is -2.26. The number of nitrogens with two attached hydrogens (primary N) is 1. The van der Waals surface area contributed by atoms with E-state index in [0.717, 1.165) is 23.4 Å². The molecule has 0 fully saturated rings. The van der Waals surface area contributed by atoms with Crippen LogP contribution in [0, 0.1) is 0 Å². The maximum absolute atomic E-state index is 12.3. The van der Waals surface area contributed by atoms with Crippen molar-refractivity contribution in [2.75, 3.05) is 12.8 Å². The fourth-order valence-corrected chi connectivity index (χ4v) is 2.21. The number of hydrogen-bond acceptors (Lipinski definition) is 3. The van der Waals surface area contributed by atoms with Gasteiger partial charge in [0.25, 0.3) is 5.56 Å². The molecule has 4 heteroatoms. The molecule has 1 atom stereocenters. The number of nitrogens with zero attached hydrogens (tertiary/aromatic N) is 1. The molecule has 0 aliphatic carbocycles. The fourth-order valence-electron chi connectivity index (χ4n) is 2.21. The summed E-state index contributed by atoms with van der Waals surface area (Å²) >= 11 is 0. The van der Waals surface area contributed by atoms with Crippen molar-refractivity contribution in [3.63, 3.8) is 0 Å². The molecular weight excluding hydrogens is 252 g/mol. The summed E-state index contributed by atoms with van der Waals surface area (Å²) < 4.78 is 7.00. The Bertz CT molecular complexity index is 662. The van der Waals surface area contributed by atoms with Crippen molar-refractivity contribution < 1.29 is 4.74 Å². The molecule has 0 aliphatic rings. The number of hydrogen-bond donors (Lipinski definition) is 1. The third kappa shape index (κ3) is 2.54. The zero-order chi connectivity index (χ0) is 14.7. The first-order valence-corrected chi connectivity index (χ1v) is 6.74. The van der Waals surface area contributed by atoms with Gasteiger partial charge in [0.05, 0.1) is 18.5 Å². The maximum atomic E-state index is 12.3. The second-order valence-electron chi connectivity index (χ2n) is 4.84. The number of pyridine rings is 1. The smallest absolute Gasteiger partial charge is 0.274 e. The average molecular weight is 272 g/mol. The van der Waals surface area contributed by atoms with Gasteiger partial charge in [-0.1, -0.05) is 19.1 Å². The summed E-state index contributed by atoms with van der Waals surface area (Å²) in [6.45, 7) is 4.07. The molecule has 0 saturated heterocycles. The summed E-state index contributed by atoms with van der Waals surface area (Å²) in [5, 5.41) is 0. The van der Waals surface area contributed by atoms with E-state index in [2.05, 4.69) is 6.92 Å². The Labute approximate surface area is 118 Å². The van der Waals surface area contributed by atoms with E-state index in [1.165, 1.54) is 0 Å². The quantitative estimate of drug-likeness (QED) is 0.930. The van der Waals surface area contributed by atoms with Crippen LogP contribution in [0.1, 0.15) is 26.3 Å². The second-order valence-corrected chi connectivity index (χ2v) is 4.84. The molecule has 2 rings (SSSR count). The normalized spacial score (nSPS) is 12.2. The maximum Gasteiger partial charge on any atom is 0.274 e. The van der Waals surface area contributed by atoms with Gasteiger partial charge in [-0.3, -0.25) is 4.79 Å².